The minimum atomic E-state index is -0.744. The summed E-state index contributed by atoms with van der Waals surface area (Å²) >= 11 is 0. The van der Waals surface area contributed by atoms with Gasteiger partial charge in [0.25, 0.3) is 11.6 Å². The van der Waals surface area contributed by atoms with Crippen LogP contribution in [-0.4, -0.2) is 28.6 Å². The van der Waals surface area contributed by atoms with Gasteiger partial charge in [0, 0.05) is 24.2 Å². The molecule has 0 aromatic heterocycles. The lowest BCUT2D eigenvalue weighted by molar-refractivity contribution is -0.385. The van der Waals surface area contributed by atoms with Crippen molar-refractivity contribution in [3.8, 4) is 5.75 Å². The number of aliphatic hydroxyl groups excluding tert-OH is 1. The number of hydrogen-bond acceptors (Lipinski definition) is 5. The van der Waals surface area contributed by atoms with Crippen LogP contribution in [0.15, 0.2) is 18.2 Å². The van der Waals surface area contributed by atoms with E-state index in [2.05, 4.69) is 5.32 Å². The number of amides is 1. The molecule has 0 radical (unpaired) electrons. The van der Waals surface area contributed by atoms with Gasteiger partial charge in [-0.25, -0.2) is 0 Å². The number of carbonyl (C=O) groups excluding carboxylic acids is 1. The summed E-state index contributed by atoms with van der Waals surface area (Å²) in [5, 5.41) is 22.4. The molecule has 0 saturated heterocycles. The van der Waals surface area contributed by atoms with Crippen LogP contribution in [-0.2, 0) is 11.4 Å². The van der Waals surface area contributed by atoms with Crippen molar-refractivity contribution in [2.75, 3.05) is 6.54 Å². The predicted molar refractivity (Wildman–Crippen MR) is 67.8 cm³/mol. The van der Waals surface area contributed by atoms with Crippen molar-refractivity contribution in [3.63, 3.8) is 0 Å². The Hall–Kier alpha value is -2.15. The number of carbonyl (C=O) groups is 1. The monoisotopic (exact) mass is 268 g/mol. The lowest BCUT2D eigenvalue weighted by Gasteiger charge is -2.16. The third-order valence-electron chi connectivity index (χ3n) is 2.45. The molecule has 7 nitrogen and oxygen atoms in total. The molecule has 1 unspecified atom stereocenters. The number of benzene rings is 1. The molecule has 0 bridgehead atoms. The van der Waals surface area contributed by atoms with Gasteiger partial charge in [0.05, 0.1) is 11.5 Å². The maximum absolute atomic E-state index is 11.5. The molecule has 1 rings (SSSR count). The van der Waals surface area contributed by atoms with Crippen LogP contribution < -0.4 is 10.1 Å². The molecule has 1 amide bonds. The average molecular weight is 268 g/mol. The predicted octanol–water partition coefficient (Wildman–Crippen LogP) is 0.991. The number of non-ortho nitro benzene ring substituents is 1. The normalized spacial score (nSPS) is 11.7. The second-order valence-electron chi connectivity index (χ2n) is 3.86. The summed E-state index contributed by atoms with van der Waals surface area (Å²) in [6, 6.07) is 3.86. The number of nitro groups is 1. The fraction of sp³-hybridized carbons (Fsp3) is 0.417. The molecule has 0 aliphatic carbocycles. The highest BCUT2D eigenvalue weighted by atomic mass is 16.6. The number of likely N-dealkylation sites (N-methyl/N-ethyl adjacent to an activating group) is 1. The number of ether oxygens (including phenoxy) is 1. The minimum absolute atomic E-state index is 0.137. The first kappa shape index (κ1) is 14.9. The van der Waals surface area contributed by atoms with E-state index in [1.165, 1.54) is 18.2 Å². The second-order valence-corrected chi connectivity index (χ2v) is 3.86. The smallest absolute Gasteiger partial charge is 0.270 e. The number of nitrogens with zero attached hydrogens (tertiary/aromatic N) is 1. The van der Waals surface area contributed by atoms with Gasteiger partial charge in [-0.05, 0) is 19.9 Å². The highest BCUT2D eigenvalue weighted by molar-refractivity contribution is 5.80. The summed E-state index contributed by atoms with van der Waals surface area (Å²) in [6.07, 6.45) is -0.744. The van der Waals surface area contributed by atoms with Crippen LogP contribution in [0.25, 0.3) is 0 Å². The molecule has 2 N–H and O–H groups in total. The van der Waals surface area contributed by atoms with E-state index in [0.29, 0.717) is 6.54 Å². The van der Waals surface area contributed by atoms with Crippen LogP contribution in [0, 0.1) is 10.1 Å². The van der Waals surface area contributed by atoms with E-state index in [1.807, 2.05) is 0 Å². The molecule has 0 aliphatic heterocycles. The van der Waals surface area contributed by atoms with Crippen LogP contribution >= 0.6 is 0 Å². The number of hydrogen-bond donors (Lipinski definition) is 2. The Morgan fingerprint density at radius 3 is 2.79 bits per heavy atom. The van der Waals surface area contributed by atoms with Gasteiger partial charge >= 0.3 is 0 Å². The van der Waals surface area contributed by atoms with E-state index >= 15 is 0 Å². The van der Waals surface area contributed by atoms with E-state index in [-0.39, 0.29) is 22.9 Å². The van der Waals surface area contributed by atoms with Gasteiger partial charge in [-0.2, -0.15) is 0 Å². The van der Waals surface area contributed by atoms with Gasteiger partial charge in [-0.15, -0.1) is 0 Å². The van der Waals surface area contributed by atoms with Crippen molar-refractivity contribution >= 4 is 11.6 Å². The zero-order chi connectivity index (χ0) is 14.4. The van der Waals surface area contributed by atoms with E-state index in [0.717, 1.165) is 0 Å². The van der Waals surface area contributed by atoms with E-state index < -0.39 is 17.6 Å². The Labute approximate surface area is 110 Å². The highest BCUT2D eigenvalue weighted by Gasteiger charge is 2.17. The molecule has 0 saturated carbocycles. The highest BCUT2D eigenvalue weighted by Crippen LogP contribution is 2.25. The Balaban J connectivity index is 2.89. The van der Waals surface area contributed by atoms with Crippen LogP contribution in [0.3, 0.4) is 0 Å². The van der Waals surface area contributed by atoms with Crippen LogP contribution in [0.2, 0.25) is 0 Å². The minimum Gasteiger partial charge on any atom is -0.481 e. The van der Waals surface area contributed by atoms with Crippen LogP contribution in [0.1, 0.15) is 19.4 Å². The lowest BCUT2D eigenvalue weighted by atomic mass is 10.2. The van der Waals surface area contributed by atoms with Crippen molar-refractivity contribution in [2.24, 2.45) is 0 Å². The van der Waals surface area contributed by atoms with Gasteiger partial charge in [0.2, 0.25) is 0 Å². The Kier molecular flexibility index (Phi) is 5.25. The zero-order valence-corrected chi connectivity index (χ0v) is 10.8. The average Bonchev–Trinajstić information content (AvgIpc) is 2.39. The molecule has 0 aliphatic rings. The third kappa shape index (κ3) is 3.92. The fourth-order valence-corrected chi connectivity index (χ4v) is 1.48. The maximum atomic E-state index is 11.5. The van der Waals surface area contributed by atoms with Crippen molar-refractivity contribution in [3.05, 3.63) is 33.9 Å². The quantitative estimate of drug-likeness (QED) is 0.591. The van der Waals surface area contributed by atoms with Gasteiger partial charge in [0.15, 0.2) is 6.10 Å². The SMILES string of the molecule is CCNC(=O)C(C)Oc1ccc([N+](=O)[O-])cc1CO. The lowest BCUT2D eigenvalue weighted by Crippen LogP contribution is -2.36. The molecule has 19 heavy (non-hydrogen) atoms. The standard InChI is InChI=1S/C12H16N2O5/c1-3-13-12(16)8(2)19-11-5-4-10(14(17)18)6-9(11)7-15/h4-6,8,15H,3,7H2,1-2H3,(H,13,16). The number of nitro benzene ring substituents is 1. The molecule has 1 aromatic carbocycles. The van der Waals surface area contributed by atoms with Gasteiger partial charge in [-0.1, -0.05) is 0 Å². The largest absolute Gasteiger partial charge is 0.481 e. The molecule has 104 valence electrons. The maximum Gasteiger partial charge on any atom is 0.270 e. The summed E-state index contributed by atoms with van der Waals surface area (Å²) in [5.74, 6) is -0.0309. The van der Waals surface area contributed by atoms with Crippen molar-refractivity contribution in [1.29, 1.82) is 0 Å². The van der Waals surface area contributed by atoms with Crippen molar-refractivity contribution < 1.29 is 19.6 Å². The fourth-order valence-electron chi connectivity index (χ4n) is 1.48. The molecule has 1 atom stereocenters. The summed E-state index contributed by atoms with van der Waals surface area (Å²) in [4.78, 5) is 21.6. The molecular formula is C12H16N2O5. The summed E-state index contributed by atoms with van der Waals surface area (Å²) in [6.45, 7) is 3.43. The van der Waals surface area contributed by atoms with E-state index in [4.69, 9.17) is 4.74 Å². The topological polar surface area (TPSA) is 102 Å². The molecule has 7 heteroatoms. The first-order chi connectivity index (χ1) is 8.99. The van der Waals surface area contributed by atoms with Crippen molar-refractivity contribution in [1.82, 2.24) is 5.32 Å². The molecule has 0 spiro atoms. The number of rotatable bonds is 6. The molecular weight excluding hydrogens is 252 g/mol. The first-order valence-corrected chi connectivity index (χ1v) is 5.82. The second kappa shape index (κ2) is 6.69. The third-order valence-corrected chi connectivity index (χ3v) is 2.45. The van der Waals surface area contributed by atoms with E-state index in [1.54, 1.807) is 13.8 Å². The molecule has 0 heterocycles. The summed E-state index contributed by atoms with van der Waals surface area (Å²) in [5.41, 5.74) is 0.132. The van der Waals surface area contributed by atoms with E-state index in [9.17, 15) is 20.0 Å². The Morgan fingerprint density at radius 2 is 2.26 bits per heavy atom. The number of nitrogens with one attached hydrogen (secondary N) is 1. The van der Waals surface area contributed by atoms with Crippen molar-refractivity contribution in [2.45, 2.75) is 26.6 Å². The zero-order valence-electron chi connectivity index (χ0n) is 10.8. The number of aliphatic hydroxyl groups is 1. The van der Waals surface area contributed by atoms with Gasteiger partial charge in [-0.3, -0.25) is 14.9 Å². The Morgan fingerprint density at radius 1 is 1.58 bits per heavy atom. The summed E-state index contributed by atoms with van der Waals surface area (Å²) in [7, 11) is 0. The first-order valence-electron chi connectivity index (χ1n) is 5.82. The van der Waals surface area contributed by atoms with Crippen LogP contribution in [0.5, 0.6) is 5.75 Å². The summed E-state index contributed by atoms with van der Waals surface area (Å²) < 4.78 is 5.39. The Bertz CT molecular complexity index is 475. The molecule has 1 aromatic rings. The van der Waals surface area contributed by atoms with Gasteiger partial charge in [0.1, 0.15) is 5.75 Å². The molecule has 0 fully saturated rings. The van der Waals surface area contributed by atoms with Gasteiger partial charge < -0.3 is 15.2 Å². The van der Waals surface area contributed by atoms with Crippen LogP contribution in [0.4, 0.5) is 5.69 Å².